The van der Waals surface area contributed by atoms with Crippen molar-refractivity contribution in [2.75, 3.05) is 12.1 Å². The van der Waals surface area contributed by atoms with Gasteiger partial charge in [-0.05, 0) is 31.2 Å². The van der Waals surface area contributed by atoms with Crippen LogP contribution in [0.1, 0.15) is 13.3 Å². The molecule has 0 N–H and O–H groups in total. The Kier molecular flexibility index (Phi) is 2.41. The number of benzene rings is 1. The monoisotopic (exact) mass is 204 g/mol. The van der Waals surface area contributed by atoms with E-state index in [0.717, 1.165) is 17.1 Å². The number of hydrazone groups is 1. The van der Waals surface area contributed by atoms with E-state index in [2.05, 4.69) is 5.10 Å². The number of amides is 1. The van der Waals surface area contributed by atoms with Crippen LogP contribution in [0.5, 0.6) is 5.75 Å². The summed E-state index contributed by atoms with van der Waals surface area (Å²) in [5.41, 5.74) is 1.62. The highest BCUT2D eigenvalue weighted by Crippen LogP contribution is 2.22. The van der Waals surface area contributed by atoms with Crippen LogP contribution < -0.4 is 9.75 Å². The van der Waals surface area contributed by atoms with Crippen molar-refractivity contribution >= 4 is 17.3 Å². The maximum atomic E-state index is 11.5. The molecule has 1 aromatic carbocycles. The minimum atomic E-state index is 0.0117. The molecule has 1 amide bonds. The summed E-state index contributed by atoms with van der Waals surface area (Å²) < 4.78 is 5.04. The van der Waals surface area contributed by atoms with Crippen LogP contribution in [0.3, 0.4) is 0 Å². The van der Waals surface area contributed by atoms with Gasteiger partial charge >= 0.3 is 0 Å². The first-order valence-electron chi connectivity index (χ1n) is 4.72. The summed E-state index contributed by atoms with van der Waals surface area (Å²) in [6.45, 7) is 1.85. The summed E-state index contributed by atoms with van der Waals surface area (Å²) in [4.78, 5) is 11.5. The Morgan fingerprint density at radius 3 is 2.47 bits per heavy atom. The van der Waals surface area contributed by atoms with Gasteiger partial charge in [0.1, 0.15) is 5.75 Å². The second kappa shape index (κ2) is 3.73. The van der Waals surface area contributed by atoms with Crippen molar-refractivity contribution in [3.8, 4) is 5.75 Å². The first kappa shape index (κ1) is 9.71. The quantitative estimate of drug-likeness (QED) is 0.737. The molecule has 0 aliphatic carbocycles. The van der Waals surface area contributed by atoms with E-state index >= 15 is 0 Å². The van der Waals surface area contributed by atoms with Crippen molar-refractivity contribution in [3.05, 3.63) is 24.3 Å². The third kappa shape index (κ3) is 1.83. The van der Waals surface area contributed by atoms with Crippen LogP contribution in [0.2, 0.25) is 0 Å². The van der Waals surface area contributed by atoms with Crippen molar-refractivity contribution in [2.24, 2.45) is 5.10 Å². The molecule has 0 fully saturated rings. The number of carbonyl (C=O) groups is 1. The fraction of sp³-hybridized carbons (Fsp3) is 0.273. The molecule has 0 spiro atoms. The standard InChI is InChI=1S/C11H12N2O2/c1-8-7-11(14)13(12-8)9-3-5-10(15-2)6-4-9/h3-6H,7H2,1-2H3. The van der Waals surface area contributed by atoms with Gasteiger partial charge in [-0.25, -0.2) is 5.01 Å². The molecule has 1 aliphatic rings. The average Bonchev–Trinajstić information content (AvgIpc) is 2.58. The topological polar surface area (TPSA) is 41.9 Å². The largest absolute Gasteiger partial charge is 0.497 e. The van der Waals surface area contributed by atoms with Crippen molar-refractivity contribution < 1.29 is 9.53 Å². The molecule has 4 heteroatoms. The van der Waals surface area contributed by atoms with Gasteiger partial charge in [-0.1, -0.05) is 0 Å². The molecule has 0 saturated heterocycles. The Morgan fingerprint density at radius 1 is 1.33 bits per heavy atom. The molecule has 2 rings (SSSR count). The van der Waals surface area contributed by atoms with Crippen LogP contribution in [0.25, 0.3) is 0 Å². The number of anilines is 1. The average molecular weight is 204 g/mol. The van der Waals surface area contributed by atoms with Gasteiger partial charge in [0.05, 0.1) is 19.2 Å². The molecule has 0 saturated carbocycles. The lowest BCUT2D eigenvalue weighted by Gasteiger charge is -2.11. The van der Waals surface area contributed by atoms with Crippen LogP contribution >= 0.6 is 0 Å². The number of rotatable bonds is 2. The highest BCUT2D eigenvalue weighted by Gasteiger charge is 2.22. The fourth-order valence-corrected chi connectivity index (χ4v) is 1.48. The van der Waals surface area contributed by atoms with Gasteiger partial charge in [-0.2, -0.15) is 5.10 Å². The molecule has 0 bridgehead atoms. The molecule has 1 heterocycles. The zero-order chi connectivity index (χ0) is 10.8. The predicted molar refractivity (Wildman–Crippen MR) is 58.2 cm³/mol. The lowest BCUT2D eigenvalue weighted by molar-refractivity contribution is -0.116. The number of hydrogen-bond donors (Lipinski definition) is 0. The Morgan fingerprint density at radius 2 is 2.00 bits per heavy atom. The van der Waals surface area contributed by atoms with Crippen LogP contribution in [0.4, 0.5) is 5.69 Å². The lowest BCUT2D eigenvalue weighted by Crippen LogP contribution is -2.19. The van der Waals surface area contributed by atoms with E-state index in [9.17, 15) is 4.79 Å². The summed E-state index contributed by atoms with van der Waals surface area (Å²) >= 11 is 0. The zero-order valence-corrected chi connectivity index (χ0v) is 8.73. The maximum Gasteiger partial charge on any atom is 0.253 e. The number of methoxy groups -OCH3 is 1. The molecular formula is C11H12N2O2. The van der Waals surface area contributed by atoms with Crippen molar-refractivity contribution in [3.63, 3.8) is 0 Å². The van der Waals surface area contributed by atoms with Gasteiger partial charge in [-0.15, -0.1) is 0 Å². The molecule has 1 aromatic rings. The number of carbonyl (C=O) groups excluding carboxylic acids is 1. The molecular weight excluding hydrogens is 192 g/mol. The molecule has 0 atom stereocenters. The van der Waals surface area contributed by atoms with Gasteiger partial charge in [0.2, 0.25) is 0 Å². The molecule has 4 nitrogen and oxygen atoms in total. The van der Waals surface area contributed by atoms with Gasteiger partial charge in [0, 0.05) is 5.71 Å². The molecule has 0 unspecified atom stereocenters. The molecule has 0 aromatic heterocycles. The maximum absolute atomic E-state index is 11.5. The van der Waals surface area contributed by atoms with Gasteiger partial charge in [0.25, 0.3) is 5.91 Å². The second-order valence-electron chi connectivity index (χ2n) is 3.42. The third-order valence-electron chi connectivity index (χ3n) is 2.23. The molecule has 15 heavy (non-hydrogen) atoms. The van der Waals surface area contributed by atoms with E-state index < -0.39 is 0 Å². The second-order valence-corrected chi connectivity index (χ2v) is 3.42. The Bertz CT molecular complexity index is 409. The van der Waals surface area contributed by atoms with E-state index in [1.807, 2.05) is 31.2 Å². The van der Waals surface area contributed by atoms with E-state index in [1.54, 1.807) is 7.11 Å². The normalized spacial score (nSPS) is 15.5. The van der Waals surface area contributed by atoms with Crippen LogP contribution in [0.15, 0.2) is 29.4 Å². The fourth-order valence-electron chi connectivity index (χ4n) is 1.48. The predicted octanol–water partition coefficient (Wildman–Crippen LogP) is 1.81. The van der Waals surface area contributed by atoms with Gasteiger partial charge < -0.3 is 4.74 Å². The van der Waals surface area contributed by atoms with E-state index in [4.69, 9.17) is 4.74 Å². The number of ether oxygens (including phenoxy) is 1. The Labute approximate surface area is 88.2 Å². The first-order chi connectivity index (χ1) is 7.20. The highest BCUT2D eigenvalue weighted by molar-refractivity contribution is 6.12. The van der Waals surface area contributed by atoms with E-state index in [-0.39, 0.29) is 5.91 Å². The molecule has 1 aliphatic heterocycles. The number of hydrogen-bond acceptors (Lipinski definition) is 3. The summed E-state index contributed by atoms with van der Waals surface area (Å²) in [6.07, 6.45) is 0.409. The number of nitrogens with zero attached hydrogens (tertiary/aromatic N) is 2. The van der Waals surface area contributed by atoms with Gasteiger partial charge in [-0.3, -0.25) is 4.79 Å². The SMILES string of the molecule is COc1ccc(N2N=C(C)CC2=O)cc1. The van der Waals surface area contributed by atoms with Crippen LogP contribution in [-0.4, -0.2) is 18.7 Å². The van der Waals surface area contributed by atoms with E-state index in [1.165, 1.54) is 5.01 Å². The Balaban J connectivity index is 2.26. The van der Waals surface area contributed by atoms with Crippen molar-refractivity contribution in [1.29, 1.82) is 0 Å². The molecule has 0 radical (unpaired) electrons. The summed E-state index contributed by atoms with van der Waals surface area (Å²) in [7, 11) is 1.61. The molecule has 78 valence electrons. The minimum absolute atomic E-state index is 0.0117. The van der Waals surface area contributed by atoms with Gasteiger partial charge in [0.15, 0.2) is 0 Å². The smallest absolute Gasteiger partial charge is 0.253 e. The van der Waals surface area contributed by atoms with Crippen LogP contribution in [-0.2, 0) is 4.79 Å². The van der Waals surface area contributed by atoms with Crippen molar-refractivity contribution in [1.82, 2.24) is 0 Å². The third-order valence-corrected chi connectivity index (χ3v) is 2.23. The van der Waals surface area contributed by atoms with Crippen molar-refractivity contribution in [2.45, 2.75) is 13.3 Å². The summed E-state index contributed by atoms with van der Waals surface area (Å²) in [6, 6.07) is 7.26. The minimum Gasteiger partial charge on any atom is -0.497 e. The summed E-state index contributed by atoms with van der Waals surface area (Å²) in [5, 5.41) is 5.58. The Hall–Kier alpha value is -1.84. The van der Waals surface area contributed by atoms with E-state index in [0.29, 0.717) is 6.42 Å². The van der Waals surface area contributed by atoms with Crippen LogP contribution in [0, 0.1) is 0 Å². The zero-order valence-electron chi connectivity index (χ0n) is 8.73. The lowest BCUT2D eigenvalue weighted by atomic mass is 10.2. The highest BCUT2D eigenvalue weighted by atomic mass is 16.5. The summed E-state index contributed by atoms with van der Waals surface area (Å²) in [5.74, 6) is 0.781. The first-order valence-corrected chi connectivity index (χ1v) is 4.72.